The molecule has 6 heteroatoms. The molecule has 0 aliphatic rings. The van der Waals surface area contributed by atoms with Gasteiger partial charge in [0, 0.05) is 0 Å². The van der Waals surface area contributed by atoms with Crippen LogP contribution in [0.4, 0.5) is 21.0 Å². The van der Waals surface area contributed by atoms with Crippen LogP contribution in [-0.4, -0.2) is 12.2 Å². The Morgan fingerprint density at radius 3 is 1.27 bits per heavy atom. The van der Waals surface area contributed by atoms with Crippen molar-refractivity contribution >= 4 is 23.6 Å². The summed E-state index contributed by atoms with van der Waals surface area (Å²) in [7, 11) is 0. The highest BCUT2D eigenvalue weighted by Gasteiger charge is 2.11. The van der Waals surface area contributed by atoms with E-state index in [4.69, 9.17) is 9.47 Å². The van der Waals surface area contributed by atoms with E-state index in [0.29, 0.717) is 22.9 Å². The van der Waals surface area contributed by atoms with Crippen molar-refractivity contribution in [2.24, 2.45) is 0 Å². The lowest BCUT2D eigenvalue weighted by Gasteiger charge is -2.12. The monoisotopic (exact) mass is 348 g/mol. The minimum atomic E-state index is -0.665. The number of nitrogens with one attached hydrogen (secondary N) is 2. The molecule has 0 heterocycles. The highest BCUT2D eigenvalue weighted by molar-refractivity contribution is 5.96. The Morgan fingerprint density at radius 2 is 0.885 bits per heavy atom. The molecule has 2 amide bonds. The van der Waals surface area contributed by atoms with Gasteiger partial charge in [0.2, 0.25) is 0 Å². The van der Waals surface area contributed by atoms with Crippen molar-refractivity contribution in [2.45, 2.75) is 0 Å². The van der Waals surface area contributed by atoms with Gasteiger partial charge >= 0.3 is 12.2 Å². The van der Waals surface area contributed by atoms with E-state index in [-0.39, 0.29) is 0 Å². The topological polar surface area (TPSA) is 76.7 Å². The average Bonchev–Trinajstić information content (AvgIpc) is 2.65. The number of anilines is 2. The lowest BCUT2D eigenvalue weighted by molar-refractivity contribution is 0.213. The van der Waals surface area contributed by atoms with Crippen molar-refractivity contribution in [3.63, 3.8) is 0 Å². The second-order valence-corrected chi connectivity index (χ2v) is 5.20. The summed E-state index contributed by atoms with van der Waals surface area (Å²) in [6.45, 7) is 0. The van der Waals surface area contributed by atoms with E-state index in [1.165, 1.54) is 0 Å². The Hall–Kier alpha value is -3.80. The van der Waals surface area contributed by atoms with Gasteiger partial charge in [-0.15, -0.1) is 0 Å². The average molecular weight is 348 g/mol. The number of hydrogen-bond donors (Lipinski definition) is 2. The lowest BCUT2D eigenvalue weighted by Crippen LogP contribution is -2.21. The van der Waals surface area contributed by atoms with Crippen molar-refractivity contribution < 1.29 is 19.1 Å². The molecule has 0 saturated heterocycles. The van der Waals surface area contributed by atoms with Gasteiger partial charge in [0.05, 0.1) is 11.4 Å². The molecule has 3 aromatic carbocycles. The molecule has 0 aliphatic heterocycles. The van der Waals surface area contributed by atoms with E-state index in [1.807, 2.05) is 12.1 Å². The largest absolute Gasteiger partial charge is 0.417 e. The van der Waals surface area contributed by atoms with Gasteiger partial charge in [-0.25, -0.2) is 9.59 Å². The van der Waals surface area contributed by atoms with Crippen LogP contribution in [0.5, 0.6) is 11.5 Å². The molecule has 0 unspecified atom stereocenters. The summed E-state index contributed by atoms with van der Waals surface area (Å²) < 4.78 is 10.4. The number of carbonyl (C=O) groups excluding carboxylic acids is 2. The Morgan fingerprint density at radius 1 is 0.538 bits per heavy atom. The highest BCUT2D eigenvalue weighted by Crippen LogP contribution is 2.22. The molecular weight excluding hydrogens is 332 g/mol. The fourth-order valence-electron chi connectivity index (χ4n) is 2.16. The Bertz CT molecular complexity index is 808. The first kappa shape index (κ1) is 17.0. The third-order valence-corrected chi connectivity index (χ3v) is 3.31. The minimum absolute atomic E-state index is 0.387. The molecule has 0 aliphatic carbocycles. The van der Waals surface area contributed by atoms with Crippen LogP contribution in [0, 0.1) is 0 Å². The standard InChI is InChI=1S/C20H16N2O4/c23-19(25-15-9-3-1-4-10-15)21-17-13-7-8-14-18(17)22-20(24)26-16-11-5-2-6-12-16/h1-14H,(H,21,23)(H,22,24). The number of para-hydroxylation sites is 4. The van der Waals surface area contributed by atoms with Crippen LogP contribution in [0.3, 0.4) is 0 Å². The molecule has 3 rings (SSSR count). The van der Waals surface area contributed by atoms with Crippen molar-refractivity contribution in [1.82, 2.24) is 0 Å². The number of ether oxygens (including phenoxy) is 2. The zero-order valence-corrected chi connectivity index (χ0v) is 13.7. The molecule has 26 heavy (non-hydrogen) atoms. The van der Waals surface area contributed by atoms with Gasteiger partial charge in [-0.1, -0.05) is 48.5 Å². The first-order valence-corrected chi connectivity index (χ1v) is 7.87. The molecule has 6 nitrogen and oxygen atoms in total. The lowest BCUT2D eigenvalue weighted by atomic mass is 10.2. The summed E-state index contributed by atoms with van der Waals surface area (Å²) in [6, 6.07) is 24.1. The van der Waals surface area contributed by atoms with Crippen LogP contribution in [0.15, 0.2) is 84.9 Å². The van der Waals surface area contributed by atoms with Crippen molar-refractivity contribution in [1.29, 1.82) is 0 Å². The van der Waals surface area contributed by atoms with E-state index < -0.39 is 12.2 Å². The summed E-state index contributed by atoms with van der Waals surface area (Å²) in [5.41, 5.74) is 0.775. The Kier molecular flexibility index (Phi) is 5.47. The van der Waals surface area contributed by atoms with Crippen molar-refractivity contribution in [3.05, 3.63) is 84.9 Å². The Balaban J connectivity index is 1.64. The molecule has 0 radical (unpaired) electrons. The molecule has 0 aromatic heterocycles. The molecule has 0 atom stereocenters. The summed E-state index contributed by atoms with van der Waals surface area (Å²) in [6.07, 6.45) is -1.33. The van der Waals surface area contributed by atoms with Crippen molar-refractivity contribution in [2.75, 3.05) is 10.6 Å². The number of benzene rings is 3. The number of carbonyl (C=O) groups is 2. The third-order valence-electron chi connectivity index (χ3n) is 3.31. The van der Waals surface area contributed by atoms with Crippen molar-refractivity contribution in [3.8, 4) is 11.5 Å². The maximum Gasteiger partial charge on any atom is 0.417 e. The summed E-state index contributed by atoms with van der Waals surface area (Å²) in [4.78, 5) is 24.1. The van der Waals surface area contributed by atoms with Gasteiger partial charge in [-0.2, -0.15) is 0 Å². The second-order valence-electron chi connectivity index (χ2n) is 5.20. The van der Waals surface area contributed by atoms with Gasteiger partial charge in [0.15, 0.2) is 0 Å². The summed E-state index contributed by atoms with van der Waals surface area (Å²) in [5.74, 6) is 0.831. The maximum atomic E-state index is 12.0. The first-order chi connectivity index (χ1) is 12.7. The van der Waals surface area contributed by atoms with Gasteiger partial charge < -0.3 is 9.47 Å². The van der Waals surface area contributed by atoms with Crippen LogP contribution < -0.4 is 20.1 Å². The molecule has 0 saturated carbocycles. The SMILES string of the molecule is O=C(Nc1ccccc1NC(=O)Oc1ccccc1)Oc1ccccc1. The highest BCUT2D eigenvalue weighted by atomic mass is 16.6. The van der Waals surface area contributed by atoms with E-state index >= 15 is 0 Å². The number of hydrogen-bond acceptors (Lipinski definition) is 4. The maximum absolute atomic E-state index is 12.0. The first-order valence-electron chi connectivity index (χ1n) is 7.87. The van der Waals surface area contributed by atoms with Gasteiger partial charge in [0.25, 0.3) is 0 Å². The predicted octanol–water partition coefficient (Wildman–Crippen LogP) is 4.91. The molecule has 2 N–H and O–H groups in total. The fourth-order valence-corrected chi connectivity index (χ4v) is 2.16. The van der Waals surface area contributed by atoms with Crippen LogP contribution in [0.2, 0.25) is 0 Å². The van der Waals surface area contributed by atoms with Gasteiger partial charge in [-0.3, -0.25) is 10.6 Å². The quantitative estimate of drug-likeness (QED) is 0.702. The van der Waals surface area contributed by atoms with E-state index in [9.17, 15) is 9.59 Å². The van der Waals surface area contributed by atoms with Crippen LogP contribution in [0.25, 0.3) is 0 Å². The minimum Gasteiger partial charge on any atom is -0.410 e. The smallest absolute Gasteiger partial charge is 0.410 e. The molecule has 130 valence electrons. The third kappa shape index (κ3) is 4.85. The van der Waals surface area contributed by atoms with E-state index in [1.54, 1.807) is 72.8 Å². The molecule has 0 fully saturated rings. The normalized spacial score (nSPS) is 9.85. The van der Waals surface area contributed by atoms with Crippen LogP contribution >= 0.6 is 0 Å². The second kappa shape index (κ2) is 8.34. The van der Waals surface area contributed by atoms with E-state index in [0.717, 1.165) is 0 Å². The Labute approximate surface area is 150 Å². The van der Waals surface area contributed by atoms with Crippen LogP contribution in [-0.2, 0) is 0 Å². The fraction of sp³-hybridized carbons (Fsp3) is 0. The predicted molar refractivity (Wildman–Crippen MR) is 98.6 cm³/mol. The van der Waals surface area contributed by atoms with Crippen LogP contribution in [0.1, 0.15) is 0 Å². The molecule has 3 aromatic rings. The summed E-state index contributed by atoms with van der Waals surface area (Å²) in [5, 5.41) is 5.19. The number of amides is 2. The van der Waals surface area contributed by atoms with Gasteiger partial charge in [-0.05, 0) is 36.4 Å². The van der Waals surface area contributed by atoms with Gasteiger partial charge in [0.1, 0.15) is 11.5 Å². The zero-order valence-electron chi connectivity index (χ0n) is 13.7. The molecule has 0 spiro atoms. The van der Waals surface area contributed by atoms with E-state index in [2.05, 4.69) is 10.6 Å². The zero-order chi connectivity index (χ0) is 18.2. The molecule has 0 bridgehead atoms. The molecular formula is C20H16N2O4. The summed E-state index contributed by atoms with van der Waals surface area (Å²) >= 11 is 0. The number of rotatable bonds is 4.